The molecule has 0 spiro atoms. The Morgan fingerprint density at radius 3 is 2.38 bits per heavy atom. The van der Waals surface area contributed by atoms with Crippen LogP contribution < -0.4 is 10.2 Å². The second-order valence-electron chi connectivity index (χ2n) is 10.1. The highest BCUT2D eigenvalue weighted by Crippen LogP contribution is 2.33. The maximum Gasteiger partial charge on any atom is 0.255 e. The molecule has 1 aliphatic carbocycles. The second-order valence-corrected chi connectivity index (χ2v) is 10.5. The Hall–Kier alpha value is -2.53. The Morgan fingerprint density at radius 2 is 1.78 bits per heavy atom. The molecule has 1 N–H and O–H groups in total. The molecular weight excluding hydrogens is 422 g/mol. The standard InChI is InChI=1S/C26H34ClN3O2/c1-26(2,3)15-24(31)28-20-12-13-23(29(4)5)19(14-20)17-30(16-18-10-11-18)25(32)21-8-6-7-9-22(21)27/h6-9,12-14,18H,10-11,15-17H2,1-5H3,(H,28,31). The molecule has 172 valence electrons. The lowest BCUT2D eigenvalue weighted by Crippen LogP contribution is -2.33. The maximum absolute atomic E-state index is 13.4. The molecule has 0 aromatic heterocycles. The van der Waals surface area contributed by atoms with Crippen LogP contribution in [0.15, 0.2) is 42.5 Å². The molecule has 0 atom stereocenters. The molecular formula is C26H34ClN3O2. The predicted octanol–water partition coefficient (Wildman–Crippen LogP) is 5.83. The van der Waals surface area contributed by atoms with Crippen LogP contribution in [0, 0.1) is 11.3 Å². The quantitative estimate of drug-likeness (QED) is 0.544. The van der Waals surface area contributed by atoms with E-state index in [9.17, 15) is 9.59 Å². The van der Waals surface area contributed by atoms with E-state index < -0.39 is 0 Å². The van der Waals surface area contributed by atoms with E-state index in [0.29, 0.717) is 36.0 Å². The monoisotopic (exact) mass is 455 g/mol. The molecule has 1 aliphatic rings. The minimum Gasteiger partial charge on any atom is -0.377 e. The molecule has 0 aliphatic heterocycles. The number of carbonyl (C=O) groups excluding carboxylic acids is 2. The zero-order chi connectivity index (χ0) is 23.5. The van der Waals surface area contributed by atoms with Gasteiger partial charge in [-0.2, -0.15) is 0 Å². The van der Waals surface area contributed by atoms with Crippen molar-refractivity contribution in [1.29, 1.82) is 0 Å². The lowest BCUT2D eigenvalue weighted by atomic mass is 9.92. The van der Waals surface area contributed by atoms with E-state index in [0.717, 1.165) is 29.8 Å². The van der Waals surface area contributed by atoms with Crippen molar-refractivity contribution in [3.05, 3.63) is 58.6 Å². The van der Waals surface area contributed by atoms with E-state index in [1.54, 1.807) is 12.1 Å². The third kappa shape index (κ3) is 6.73. The Bertz CT molecular complexity index is 977. The van der Waals surface area contributed by atoms with E-state index in [1.165, 1.54) is 0 Å². The highest BCUT2D eigenvalue weighted by Gasteiger charge is 2.29. The van der Waals surface area contributed by atoms with Crippen LogP contribution in [0.3, 0.4) is 0 Å². The molecule has 1 fully saturated rings. The SMILES string of the molecule is CN(C)c1ccc(NC(=O)CC(C)(C)C)cc1CN(CC1CC1)C(=O)c1ccccc1Cl. The van der Waals surface area contributed by atoms with Crippen LogP contribution in [0.25, 0.3) is 0 Å². The van der Waals surface area contributed by atoms with E-state index in [2.05, 4.69) is 5.32 Å². The first-order valence-corrected chi connectivity index (χ1v) is 11.6. The molecule has 1 saturated carbocycles. The van der Waals surface area contributed by atoms with Gasteiger partial charge in [0, 0.05) is 45.0 Å². The van der Waals surface area contributed by atoms with Crippen molar-refractivity contribution in [3.63, 3.8) is 0 Å². The van der Waals surface area contributed by atoms with Crippen molar-refractivity contribution < 1.29 is 9.59 Å². The number of rotatable bonds is 8. The number of halogens is 1. The molecule has 0 bridgehead atoms. The van der Waals surface area contributed by atoms with Crippen LogP contribution in [0.2, 0.25) is 5.02 Å². The van der Waals surface area contributed by atoms with Gasteiger partial charge in [0.1, 0.15) is 0 Å². The highest BCUT2D eigenvalue weighted by atomic mass is 35.5. The zero-order valence-electron chi connectivity index (χ0n) is 19.7. The Labute approximate surface area is 196 Å². The molecule has 6 heteroatoms. The molecule has 0 unspecified atom stereocenters. The minimum atomic E-state index is -0.0844. The lowest BCUT2D eigenvalue weighted by molar-refractivity contribution is -0.117. The van der Waals surface area contributed by atoms with Crippen LogP contribution in [0.1, 0.15) is 56.0 Å². The van der Waals surface area contributed by atoms with E-state index in [1.807, 2.05) is 75.0 Å². The number of amides is 2. The fourth-order valence-electron chi connectivity index (χ4n) is 3.76. The van der Waals surface area contributed by atoms with Crippen molar-refractivity contribution in [2.75, 3.05) is 30.9 Å². The Morgan fingerprint density at radius 1 is 1.09 bits per heavy atom. The van der Waals surface area contributed by atoms with Crippen LogP contribution in [-0.4, -0.2) is 37.4 Å². The summed E-state index contributed by atoms with van der Waals surface area (Å²) in [7, 11) is 3.97. The number of hydrogen-bond donors (Lipinski definition) is 1. The van der Waals surface area contributed by atoms with Crippen molar-refractivity contribution in [2.45, 2.75) is 46.6 Å². The van der Waals surface area contributed by atoms with Gasteiger partial charge in [-0.3, -0.25) is 9.59 Å². The third-order valence-electron chi connectivity index (χ3n) is 5.46. The third-order valence-corrected chi connectivity index (χ3v) is 5.79. The van der Waals surface area contributed by atoms with Gasteiger partial charge in [-0.25, -0.2) is 0 Å². The summed E-state index contributed by atoms with van der Waals surface area (Å²) in [6.45, 7) is 7.30. The van der Waals surface area contributed by atoms with Gasteiger partial charge in [-0.15, -0.1) is 0 Å². The molecule has 5 nitrogen and oxygen atoms in total. The predicted molar refractivity (Wildman–Crippen MR) is 132 cm³/mol. The average molecular weight is 456 g/mol. The van der Waals surface area contributed by atoms with Gasteiger partial charge in [0.15, 0.2) is 0 Å². The fourth-order valence-corrected chi connectivity index (χ4v) is 3.97. The first-order valence-electron chi connectivity index (χ1n) is 11.2. The van der Waals surface area contributed by atoms with Gasteiger partial charge < -0.3 is 15.1 Å². The summed E-state index contributed by atoms with van der Waals surface area (Å²) in [4.78, 5) is 29.8. The number of anilines is 2. The number of nitrogens with one attached hydrogen (secondary N) is 1. The first-order chi connectivity index (χ1) is 15.0. The van der Waals surface area contributed by atoms with E-state index in [4.69, 9.17) is 11.6 Å². The molecule has 0 saturated heterocycles. The minimum absolute atomic E-state index is 0.0111. The van der Waals surface area contributed by atoms with Crippen molar-refractivity contribution in [2.24, 2.45) is 11.3 Å². The van der Waals surface area contributed by atoms with Gasteiger partial charge in [0.05, 0.1) is 10.6 Å². The normalized spacial score (nSPS) is 13.6. The van der Waals surface area contributed by atoms with Gasteiger partial charge in [-0.05, 0) is 60.1 Å². The second kappa shape index (κ2) is 9.95. The first kappa shape index (κ1) is 24.1. The van der Waals surface area contributed by atoms with Gasteiger partial charge >= 0.3 is 0 Å². The van der Waals surface area contributed by atoms with Crippen LogP contribution in [0.4, 0.5) is 11.4 Å². The summed E-state index contributed by atoms with van der Waals surface area (Å²) >= 11 is 6.33. The fraction of sp³-hybridized carbons (Fsp3) is 0.462. The zero-order valence-corrected chi connectivity index (χ0v) is 20.5. The molecule has 2 amide bonds. The number of hydrogen-bond acceptors (Lipinski definition) is 3. The molecule has 32 heavy (non-hydrogen) atoms. The van der Waals surface area contributed by atoms with Gasteiger partial charge in [-0.1, -0.05) is 44.5 Å². The van der Waals surface area contributed by atoms with Crippen molar-refractivity contribution in [3.8, 4) is 0 Å². The topological polar surface area (TPSA) is 52.7 Å². The van der Waals surface area contributed by atoms with E-state index >= 15 is 0 Å². The van der Waals surface area contributed by atoms with Crippen LogP contribution in [0.5, 0.6) is 0 Å². The molecule has 2 aromatic rings. The smallest absolute Gasteiger partial charge is 0.255 e. The van der Waals surface area contributed by atoms with Crippen molar-refractivity contribution in [1.82, 2.24) is 4.90 Å². The molecule has 3 rings (SSSR count). The average Bonchev–Trinajstić information content (AvgIpc) is 3.50. The summed E-state index contributed by atoms with van der Waals surface area (Å²) in [5.74, 6) is 0.469. The lowest BCUT2D eigenvalue weighted by Gasteiger charge is -2.27. The van der Waals surface area contributed by atoms with Crippen LogP contribution in [-0.2, 0) is 11.3 Å². The summed E-state index contributed by atoms with van der Waals surface area (Å²) in [6.07, 6.45) is 2.74. The molecule has 2 aromatic carbocycles. The van der Waals surface area contributed by atoms with Crippen molar-refractivity contribution >= 4 is 34.8 Å². The number of nitrogens with zero attached hydrogens (tertiary/aromatic N) is 2. The van der Waals surface area contributed by atoms with E-state index in [-0.39, 0.29) is 17.2 Å². The highest BCUT2D eigenvalue weighted by molar-refractivity contribution is 6.33. The Kier molecular flexibility index (Phi) is 7.50. The summed E-state index contributed by atoms with van der Waals surface area (Å²) < 4.78 is 0. The van der Waals surface area contributed by atoms with Crippen LogP contribution >= 0.6 is 11.6 Å². The summed E-state index contributed by atoms with van der Waals surface area (Å²) in [5.41, 5.74) is 3.20. The van der Waals surface area contributed by atoms with Gasteiger partial charge in [0.2, 0.25) is 5.91 Å². The Balaban J connectivity index is 1.87. The number of carbonyl (C=O) groups is 2. The molecule has 0 heterocycles. The maximum atomic E-state index is 13.4. The summed E-state index contributed by atoms with van der Waals surface area (Å²) in [5, 5.41) is 3.49. The summed E-state index contributed by atoms with van der Waals surface area (Å²) in [6, 6.07) is 13.1. The largest absolute Gasteiger partial charge is 0.377 e. The number of benzene rings is 2. The molecule has 0 radical (unpaired) electrons. The van der Waals surface area contributed by atoms with Gasteiger partial charge in [0.25, 0.3) is 5.91 Å².